The average molecular weight is 357 g/mol. The molecular formula is C16H18F3N3O3. The Bertz CT molecular complexity index is 791. The van der Waals surface area contributed by atoms with Crippen molar-refractivity contribution >= 4 is 28.6 Å². The molecule has 9 heteroatoms. The highest BCUT2D eigenvalue weighted by atomic mass is 19.4. The maximum atomic E-state index is 12.7. The molecule has 25 heavy (non-hydrogen) atoms. The number of alkyl carbamates (subject to hydrolysis) is 1. The van der Waals surface area contributed by atoms with Crippen LogP contribution in [0.25, 0.3) is 10.9 Å². The van der Waals surface area contributed by atoms with E-state index < -0.39 is 29.5 Å². The Balaban J connectivity index is 1.98. The van der Waals surface area contributed by atoms with Gasteiger partial charge in [0.05, 0.1) is 0 Å². The molecule has 0 saturated carbocycles. The van der Waals surface area contributed by atoms with Crippen LogP contribution in [0.15, 0.2) is 24.3 Å². The topological polar surface area (TPSA) is 83.2 Å². The molecule has 0 saturated heterocycles. The number of anilines is 1. The number of alkyl halides is 3. The third kappa shape index (κ3) is 5.40. The molecule has 1 heterocycles. The van der Waals surface area contributed by atoms with Crippen molar-refractivity contribution in [1.82, 2.24) is 10.3 Å². The van der Waals surface area contributed by atoms with E-state index in [-0.39, 0.29) is 6.54 Å². The van der Waals surface area contributed by atoms with Crippen LogP contribution in [-0.2, 0) is 15.7 Å². The predicted molar refractivity (Wildman–Crippen MR) is 86.2 cm³/mol. The van der Waals surface area contributed by atoms with E-state index in [1.54, 1.807) is 20.8 Å². The number of aromatic nitrogens is 1. The smallest absolute Gasteiger partial charge is 0.431 e. The van der Waals surface area contributed by atoms with Gasteiger partial charge in [0, 0.05) is 16.6 Å². The highest BCUT2D eigenvalue weighted by molar-refractivity contribution is 5.96. The van der Waals surface area contributed by atoms with Crippen LogP contribution in [0.1, 0.15) is 26.5 Å². The molecule has 6 nitrogen and oxygen atoms in total. The van der Waals surface area contributed by atoms with Crippen LogP contribution in [0.3, 0.4) is 0 Å². The van der Waals surface area contributed by atoms with E-state index in [2.05, 4.69) is 15.6 Å². The second-order valence-electron chi connectivity index (χ2n) is 6.39. The molecule has 0 unspecified atom stereocenters. The van der Waals surface area contributed by atoms with E-state index in [1.807, 2.05) is 0 Å². The van der Waals surface area contributed by atoms with Crippen LogP contribution < -0.4 is 10.6 Å². The van der Waals surface area contributed by atoms with Crippen molar-refractivity contribution in [2.24, 2.45) is 0 Å². The molecule has 0 radical (unpaired) electrons. The summed E-state index contributed by atoms with van der Waals surface area (Å²) in [5.41, 5.74) is -0.929. The quantitative estimate of drug-likeness (QED) is 0.784. The summed E-state index contributed by atoms with van der Waals surface area (Å²) in [7, 11) is 0. The summed E-state index contributed by atoms with van der Waals surface area (Å²) in [6.45, 7) is 4.74. The highest BCUT2D eigenvalue weighted by Crippen LogP contribution is 2.31. The van der Waals surface area contributed by atoms with Gasteiger partial charge in [0.25, 0.3) is 0 Å². The number of H-pyrrole nitrogens is 1. The number of hydrogen-bond donors (Lipinski definition) is 3. The Labute approximate surface area is 141 Å². The molecule has 0 aliphatic heterocycles. The van der Waals surface area contributed by atoms with Crippen molar-refractivity contribution < 1.29 is 27.5 Å². The molecule has 2 aromatic rings. The number of amides is 2. The van der Waals surface area contributed by atoms with Crippen LogP contribution >= 0.6 is 0 Å². The Morgan fingerprint density at radius 1 is 1.16 bits per heavy atom. The van der Waals surface area contributed by atoms with Gasteiger partial charge in [0.2, 0.25) is 5.91 Å². The van der Waals surface area contributed by atoms with Gasteiger partial charge in [-0.1, -0.05) is 0 Å². The number of halogens is 3. The molecular weight excluding hydrogens is 339 g/mol. The SMILES string of the molecule is CC(C)(C)OC(=O)NCC(=O)Nc1ccc2[nH]c(C(F)(F)F)cc2c1. The maximum absolute atomic E-state index is 12.7. The second kappa shape index (κ2) is 6.66. The molecule has 0 bridgehead atoms. The van der Waals surface area contributed by atoms with Crippen molar-refractivity contribution in [2.45, 2.75) is 32.5 Å². The first-order chi connectivity index (χ1) is 11.4. The Morgan fingerprint density at radius 3 is 2.44 bits per heavy atom. The third-order valence-corrected chi connectivity index (χ3v) is 3.00. The lowest BCUT2D eigenvalue weighted by molar-refractivity contribution is -0.140. The first-order valence-electron chi connectivity index (χ1n) is 7.41. The van der Waals surface area contributed by atoms with Gasteiger partial charge < -0.3 is 20.4 Å². The second-order valence-corrected chi connectivity index (χ2v) is 6.39. The Kier molecular flexibility index (Phi) is 4.96. The summed E-state index contributed by atoms with van der Waals surface area (Å²) < 4.78 is 43.0. The summed E-state index contributed by atoms with van der Waals surface area (Å²) in [5.74, 6) is -0.531. The fourth-order valence-corrected chi connectivity index (χ4v) is 2.03. The van der Waals surface area contributed by atoms with Crippen molar-refractivity contribution in [3.63, 3.8) is 0 Å². The number of carbonyl (C=O) groups excluding carboxylic acids is 2. The minimum absolute atomic E-state index is 0.303. The summed E-state index contributed by atoms with van der Waals surface area (Å²) in [4.78, 5) is 25.5. The summed E-state index contributed by atoms with van der Waals surface area (Å²) in [6.07, 6.45) is -5.21. The fraction of sp³-hybridized carbons (Fsp3) is 0.375. The molecule has 0 aliphatic carbocycles. The number of rotatable bonds is 3. The van der Waals surface area contributed by atoms with Gasteiger partial charge >= 0.3 is 12.3 Å². The van der Waals surface area contributed by atoms with Crippen LogP contribution in [0, 0.1) is 0 Å². The summed E-state index contributed by atoms with van der Waals surface area (Å²) in [6, 6.07) is 5.27. The van der Waals surface area contributed by atoms with Gasteiger partial charge in [-0.3, -0.25) is 4.79 Å². The normalized spacial score (nSPS) is 12.1. The molecule has 2 rings (SSSR count). The number of hydrogen-bond acceptors (Lipinski definition) is 3. The minimum atomic E-state index is -4.47. The van der Waals surface area contributed by atoms with Gasteiger partial charge in [-0.15, -0.1) is 0 Å². The predicted octanol–water partition coefficient (Wildman–Crippen LogP) is 3.65. The van der Waals surface area contributed by atoms with Crippen LogP contribution in [0.4, 0.5) is 23.7 Å². The number of ether oxygens (including phenoxy) is 1. The zero-order valence-electron chi connectivity index (χ0n) is 13.9. The molecule has 1 aromatic carbocycles. The van der Waals surface area contributed by atoms with E-state index in [0.717, 1.165) is 6.07 Å². The van der Waals surface area contributed by atoms with Gasteiger partial charge in [0.15, 0.2) is 0 Å². The zero-order valence-corrected chi connectivity index (χ0v) is 13.9. The minimum Gasteiger partial charge on any atom is -0.444 e. The molecule has 0 fully saturated rings. The first-order valence-corrected chi connectivity index (χ1v) is 7.41. The molecule has 0 spiro atoms. The number of nitrogens with one attached hydrogen (secondary N) is 3. The molecule has 136 valence electrons. The summed E-state index contributed by atoms with van der Waals surface area (Å²) in [5, 5.41) is 5.10. The monoisotopic (exact) mass is 357 g/mol. The number of carbonyl (C=O) groups is 2. The molecule has 0 atom stereocenters. The maximum Gasteiger partial charge on any atom is 0.431 e. The number of benzene rings is 1. The number of aromatic amines is 1. The molecule has 1 aromatic heterocycles. The van der Waals surface area contributed by atoms with Crippen LogP contribution in [-0.4, -0.2) is 29.1 Å². The zero-order chi connectivity index (χ0) is 18.8. The standard InChI is InChI=1S/C16H18F3N3O3/c1-15(2,3)25-14(24)20-8-13(23)21-10-4-5-11-9(6-10)7-12(22-11)16(17,18)19/h4-7,22H,8H2,1-3H3,(H,20,24)(H,21,23). The van der Waals surface area contributed by atoms with Crippen molar-refractivity contribution in [2.75, 3.05) is 11.9 Å². The van der Waals surface area contributed by atoms with Gasteiger partial charge in [-0.25, -0.2) is 4.79 Å². The lowest BCUT2D eigenvalue weighted by atomic mass is 10.2. The average Bonchev–Trinajstić information content (AvgIpc) is 2.86. The van der Waals surface area contributed by atoms with Crippen molar-refractivity contribution in [3.8, 4) is 0 Å². The van der Waals surface area contributed by atoms with Gasteiger partial charge in [-0.2, -0.15) is 13.2 Å². The Hall–Kier alpha value is -2.71. The van der Waals surface area contributed by atoms with Gasteiger partial charge in [-0.05, 0) is 45.0 Å². The lowest BCUT2D eigenvalue weighted by Crippen LogP contribution is -2.37. The first kappa shape index (κ1) is 18.6. The molecule has 3 N–H and O–H groups in total. The lowest BCUT2D eigenvalue weighted by Gasteiger charge is -2.19. The van der Waals surface area contributed by atoms with E-state index in [9.17, 15) is 22.8 Å². The molecule has 2 amide bonds. The van der Waals surface area contributed by atoms with Crippen molar-refractivity contribution in [1.29, 1.82) is 0 Å². The third-order valence-electron chi connectivity index (χ3n) is 3.00. The van der Waals surface area contributed by atoms with E-state index >= 15 is 0 Å². The van der Waals surface area contributed by atoms with Crippen LogP contribution in [0.2, 0.25) is 0 Å². The van der Waals surface area contributed by atoms with Crippen molar-refractivity contribution in [3.05, 3.63) is 30.0 Å². The van der Waals surface area contributed by atoms with E-state index in [4.69, 9.17) is 4.74 Å². The fourth-order valence-electron chi connectivity index (χ4n) is 2.03. The Morgan fingerprint density at radius 2 is 1.84 bits per heavy atom. The highest BCUT2D eigenvalue weighted by Gasteiger charge is 2.32. The largest absolute Gasteiger partial charge is 0.444 e. The van der Waals surface area contributed by atoms with E-state index in [1.165, 1.54) is 18.2 Å². The van der Waals surface area contributed by atoms with E-state index in [0.29, 0.717) is 16.6 Å². The number of fused-ring (bicyclic) bond motifs is 1. The van der Waals surface area contributed by atoms with Crippen LogP contribution in [0.5, 0.6) is 0 Å². The van der Waals surface area contributed by atoms with Gasteiger partial charge in [0.1, 0.15) is 17.8 Å². The molecule has 0 aliphatic rings. The summed E-state index contributed by atoms with van der Waals surface area (Å²) >= 11 is 0.